The molecular weight excluding hydrogens is 272 g/mol. The number of amides is 1. The Bertz CT molecular complexity index is 498. The summed E-state index contributed by atoms with van der Waals surface area (Å²) in [7, 11) is 1.24. The highest BCUT2D eigenvalue weighted by molar-refractivity contribution is 5.95. The van der Waals surface area contributed by atoms with E-state index in [-0.39, 0.29) is 17.2 Å². The van der Waals surface area contributed by atoms with Crippen molar-refractivity contribution in [2.75, 3.05) is 32.1 Å². The Labute approximate surface area is 124 Å². The monoisotopic (exact) mass is 294 g/mol. The molecule has 0 atom stereocenters. The fraction of sp³-hybridized carbons (Fsp3) is 0.467. The first kappa shape index (κ1) is 17.0. The maximum atomic E-state index is 11.8. The third-order valence-electron chi connectivity index (χ3n) is 3.24. The number of nitrogens with zero attached hydrogens (tertiary/aromatic N) is 1. The minimum absolute atomic E-state index is 0.0682. The number of nitrogens with one attached hydrogen (secondary N) is 1. The Morgan fingerprint density at radius 1 is 1.29 bits per heavy atom. The number of phenols is 1. The summed E-state index contributed by atoms with van der Waals surface area (Å²) in [5.74, 6) is -0.970. The average molecular weight is 294 g/mol. The van der Waals surface area contributed by atoms with E-state index in [9.17, 15) is 14.7 Å². The van der Waals surface area contributed by atoms with Crippen LogP contribution in [0.1, 0.15) is 30.6 Å². The van der Waals surface area contributed by atoms with E-state index in [1.54, 1.807) is 6.07 Å². The third kappa shape index (κ3) is 5.07. The zero-order valence-electron chi connectivity index (χ0n) is 12.7. The van der Waals surface area contributed by atoms with Crippen LogP contribution in [0.15, 0.2) is 18.2 Å². The molecule has 0 bridgehead atoms. The van der Waals surface area contributed by atoms with E-state index in [1.807, 2.05) is 13.8 Å². The minimum Gasteiger partial charge on any atom is -0.507 e. The van der Waals surface area contributed by atoms with Gasteiger partial charge in [-0.15, -0.1) is 0 Å². The first-order valence-corrected chi connectivity index (χ1v) is 6.95. The van der Waals surface area contributed by atoms with Crippen molar-refractivity contribution in [2.24, 2.45) is 0 Å². The smallest absolute Gasteiger partial charge is 0.341 e. The lowest BCUT2D eigenvalue weighted by atomic mass is 10.2. The second kappa shape index (κ2) is 8.26. The van der Waals surface area contributed by atoms with Crippen LogP contribution in [0.3, 0.4) is 0 Å². The van der Waals surface area contributed by atoms with Gasteiger partial charge in [0.1, 0.15) is 11.3 Å². The number of aromatic hydroxyl groups is 1. The predicted octanol–water partition coefficient (Wildman–Crippen LogP) is 1.85. The van der Waals surface area contributed by atoms with Gasteiger partial charge in [0.2, 0.25) is 5.91 Å². The molecule has 0 spiro atoms. The van der Waals surface area contributed by atoms with Gasteiger partial charge in [0.05, 0.1) is 7.11 Å². The number of ether oxygens (including phenoxy) is 1. The van der Waals surface area contributed by atoms with Crippen LogP contribution in [0.4, 0.5) is 5.69 Å². The molecule has 6 heteroatoms. The molecule has 1 aromatic carbocycles. The number of hydrogen-bond acceptors (Lipinski definition) is 5. The van der Waals surface area contributed by atoms with Crippen LogP contribution >= 0.6 is 0 Å². The van der Waals surface area contributed by atoms with Gasteiger partial charge in [0.15, 0.2) is 0 Å². The lowest BCUT2D eigenvalue weighted by Crippen LogP contribution is -2.27. The second-order valence-corrected chi connectivity index (χ2v) is 4.55. The molecule has 0 fully saturated rings. The summed E-state index contributed by atoms with van der Waals surface area (Å²) in [6, 6.07) is 4.31. The van der Waals surface area contributed by atoms with Crippen molar-refractivity contribution in [3.63, 3.8) is 0 Å². The molecule has 0 saturated carbocycles. The number of methoxy groups -OCH3 is 1. The number of carbonyl (C=O) groups is 2. The molecule has 21 heavy (non-hydrogen) atoms. The molecule has 6 nitrogen and oxygen atoms in total. The van der Waals surface area contributed by atoms with Gasteiger partial charge >= 0.3 is 5.97 Å². The van der Waals surface area contributed by atoms with Crippen LogP contribution in [-0.2, 0) is 9.53 Å². The molecule has 0 aromatic heterocycles. The second-order valence-electron chi connectivity index (χ2n) is 4.55. The first-order valence-electron chi connectivity index (χ1n) is 6.95. The van der Waals surface area contributed by atoms with E-state index >= 15 is 0 Å². The molecule has 116 valence electrons. The number of esters is 1. The van der Waals surface area contributed by atoms with Crippen molar-refractivity contribution >= 4 is 17.6 Å². The summed E-state index contributed by atoms with van der Waals surface area (Å²) in [4.78, 5) is 25.3. The molecule has 0 radical (unpaired) electrons. The molecule has 0 aliphatic rings. The van der Waals surface area contributed by atoms with Crippen LogP contribution in [0.25, 0.3) is 0 Å². The number of phenolic OH excluding ortho intramolecular Hbond substituents is 1. The van der Waals surface area contributed by atoms with Crippen molar-refractivity contribution in [3.05, 3.63) is 23.8 Å². The molecule has 0 saturated heterocycles. The Balaban J connectivity index is 2.61. The SMILES string of the molecule is CCN(CC)CCC(=O)Nc1ccc(C(=O)OC)c(O)c1. The highest BCUT2D eigenvalue weighted by atomic mass is 16.5. The molecule has 0 aliphatic carbocycles. The lowest BCUT2D eigenvalue weighted by Gasteiger charge is -2.17. The first-order chi connectivity index (χ1) is 10.0. The van der Waals surface area contributed by atoms with Crippen molar-refractivity contribution in [2.45, 2.75) is 20.3 Å². The van der Waals surface area contributed by atoms with Gasteiger partial charge < -0.3 is 20.1 Å². The predicted molar refractivity (Wildman–Crippen MR) is 80.5 cm³/mol. The topological polar surface area (TPSA) is 78.9 Å². The summed E-state index contributed by atoms with van der Waals surface area (Å²) in [5.41, 5.74) is 0.517. The average Bonchev–Trinajstić information content (AvgIpc) is 2.47. The summed E-state index contributed by atoms with van der Waals surface area (Å²) < 4.78 is 4.54. The van der Waals surface area contributed by atoms with Crippen molar-refractivity contribution in [3.8, 4) is 5.75 Å². The quantitative estimate of drug-likeness (QED) is 0.750. The number of anilines is 1. The van der Waals surface area contributed by atoms with Gasteiger partial charge in [-0.25, -0.2) is 4.79 Å². The summed E-state index contributed by atoms with van der Waals surface area (Å²) in [6.45, 7) is 6.58. The van der Waals surface area contributed by atoms with E-state index in [4.69, 9.17) is 0 Å². The molecule has 0 heterocycles. The van der Waals surface area contributed by atoms with Crippen LogP contribution in [0.5, 0.6) is 5.75 Å². The Morgan fingerprint density at radius 2 is 1.95 bits per heavy atom. The zero-order valence-corrected chi connectivity index (χ0v) is 12.7. The van der Waals surface area contributed by atoms with E-state index < -0.39 is 5.97 Å². The van der Waals surface area contributed by atoms with E-state index in [2.05, 4.69) is 15.0 Å². The third-order valence-corrected chi connectivity index (χ3v) is 3.24. The lowest BCUT2D eigenvalue weighted by molar-refractivity contribution is -0.116. The molecule has 2 N–H and O–H groups in total. The van der Waals surface area contributed by atoms with Gasteiger partial charge in [0.25, 0.3) is 0 Å². The standard InChI is InChI=1S/C15H22N2O4/c1-4-17(5-2)9-8-14(19)16-11-6-7-12(13(18)10-11)15(20)21-3/h6-7,10,18H,4-5,8-9H2,1-3H3,(H,16,19). The molecule has 0 aliphatic heterocycles. The fourth-order valence-corrected chi connectivity index (χ4v) is 1.91. The summed E-state index contributed by atoms with van der Waals surface area (Å²) >= 11 is 0. The molecule has 1 aromatic rings. The van der Waals surface area contributed by atoms with Crippen LogP contribution < -0.4 is 5.32 Å². The summed E-state index contributed by atoms with van der Waals surface area (Å²) in [6.07, 6.45) is 0.376. The van der Waals surface area contributed by atoms with Crippen LogP contribution in [0.2, 0.25) is 0 Å². The normalized spacial score (nSPS) is 10.5. The highest BCUT2D eigenvalue weighted by Crippen LogP contribution is 2.22. The fourth-order valence-electron chi connectivity index (χ4n) is 1.91. The number of carbonyl (C=O) groups excluding carboxylic acids is 2. The van der Waals surface area contributed by atoms with Gasteiger partial charge in [-0.1, -0.05) is 13.8 Å². The Hall–Kier alpha value is -2.08. The van der Waals surface area contributed by atoms with Crippen molar-refractivity contribution in [1.82, 2.24) is 4.90 Å². The maximum Gasteiger partial charge on any atom is 0.341 e. The van der Waals surface area contributed by atoms with Gasteiger partial charge in [-0.05, 0) is 25.2 Å². The molecule has 1 rings (SSSR count). The number of hydrogen-bond donors (Lipinski definition) is 2. The Morgan fingerprint density at radius 3 is 2.48 bits per heavy atom. The van der Waals surface area contributed by atoms with Crippen molar-refractivity contribution < 1.29 is 19.4 Å². The van der Waals surface area contributed by atoms with E-state index in [0.29, 0.717) is 18.7 Å². The van der Waals surface area contributed by atoms with E-state index in [0.717, 1.165) is 13.1 Å². The number of rotatable bonds is 7. The number of benzene rings is 1. The van der Waals surface area contributed by atoms with Crippen molar-refractivity contribution in [1.29, 1.82) is 0 Å². The van der Waals surface area contributed by atoms with Gasteiger partial charge in [-0.2, -0.15) is 0 Å². The van der Waals surface area contributed by atoms with E-state index in [1.165, 1.54) is 19.2 Å². The minimum atomic E-state index is -0.619. The molecular formula is C15H22N2O4. The van der Waals surface area contributed by atoms with Crippen LogP contribution in [-0.4, -0.2) is 48.6 Å². The highest BCUT2D eigenvalue weighted by Gasteiger charge is 2.12. The van der Waals surface area contributed by atoms with Crippen LogP contribution in [0, 0.1) is 0 Å². The van der Waals surface area contributed by atoms with Gasteiger partial charge in [0, 0.05) is 24.7 Å². The summed E-state index contributed by atoms with van der Waals surface area (Å²) in [5, 5.41) is 12.4. The zero-order chi connectivity index (χ0) is 15.8. The Kier molecular flexibility index (Phi) is 6.68. The maximum absolute atomic E-state index is 11.8. The largest absolute Gasteiger partial charge is 0.507 e. The van der Waals surface area contributed by atoms with Gasteiger partial charge in [-0.3, -0.25) is 4.79 Å². The molecule has 1 amide bonds. The molecule has 0 unspecified atom stereocenters.